The quantitative estimate of drug-likeness (QED) is 0.586. The summed E-state index contributed by atoms with van der Waals surface area (Å²) in [6.45, 7) is 5.97. The van der Waals surface area contributed by atoms with E-state index in [1.54, 1.807) is 41.1 Å². The minimum absolute atomic E-state index is 0.0313. The highest BCUT2D eigenvalue weighted by atomic mass is 19.4. The van der Waals surface area contributed by atoms with E-state index in [9.17, 15) is 13.2 Å². The summed E-state index contributed by atoms with van der Waals surface area (Å²) in [6, 6.07) is 1.72. The van der Waals surface area contributed by atoms with Crippen LogP contribution in [0.3, 0.4) is 0 Å². The molecule has 156 valence electrons. The fourth-order valence-corrected chi connectivity index (χ4v) is 2.97. The second-order valence-corrected chi connectivity index (χ2v) is 6.55. The van der Waals surface area contributed by atoms with Crippen LogP contribution in [0.15, 0.2) is 30.9 Å². The zero-order chi connectivity index (χ0) is 21.0. The van der Waals surface area contributed by atoms with Crippen LogP contribution in [0.2, 0.25) is 0 Å². The van der Waals surface area contributed by atoms with E-state index in [0.29, 0.717) is 18.8 Å². The molecule has 0 bridgehead atoms. The van der Waals surface area contributed by atoms with Crippen molar-refractivity contribution in [2.24, 2.45) is 0 Å². The van der Waals surface area contributed by atoms with Crippen LogP contribution in [-0.4, -0.2) is 41.3 Å². The van der Waals surface area contributed by atoms with Gasteiger partial charge in [0.05, 0.1) is 30.7 Å². The lowest BCUT2D eigenvalue weighted by Gasteiger charge is -2.20. The van der Waals surface area contributed by atoms with E-state index in [-0.39, 0.29) is 23.8 Å². The minimum atomic E-state index is -4.54. The number of rotatable bonds is 8. The van der Waals surface area contributed by atoms with Crippen molar-refractivity contribution in [3.63, 3.8) is 0 Å². The second kappa shape index (κ2) is 8.45. The first-order valence-corrected chi connectivity index (χ1v) is 9.14. The maximum atomic E-state index is 13.1. The third-order valence-corrected chi connectivity index (χ3v) is 4.28. The molecule has 9 nitrogen and oxygen atoms in total. The smallest absolute Gasteiger partial charge is 0.370 e. The Morgan fingerprint density at radius 2 is 1.79 bits per heavy atom. The van der Waals surface area contributed by atoms with Gasteiger partial charge in [-0.1, -0.05) is 0 Å². The summed E-state index contributed by atoms with van der Waals surface area (Å²) in [5, 5.41) is 18.2. The van der Waals surface area contributed by atoms with E-state index < -0.39 is 11.7 Å². The Morgan fingerprint density at radius 3 is 2.45 bits per heavy atom. The number of halogens is 3. The molecule has 3 heterocycles. The molecular weight excluding hydrogens is 387 g/mol. The average molecular weight is 409 g/mol. The molecule has 0 aliphatic carbocycles. The largest absolute Gasteiger partial charge is 0.421 e. The van der Waals surface area contributed by atoms with E-state index in [0.717, 1.165) is 6.20 Å². The van der Waals surface area contributed by atoms with Gasteiger partial charge in [0.25, 0.3) is 0 Å². The van der Waals surface area contributed by atoms with Crippen LogP contribution in [-0.2, 0) is 6.18 Å². The van der Waals surface area contributed by atoms with Crippen molar-refractivity contribution in [3.8, 4) is 0 Å². The van der Waals surface area contributed by atoms with Crippen molar-refractivity contribution in [3.05, 3.63) is 36.4 Å². The van der Waals surface area contributed by atoms with Gasteiger partial charge in [0, 0.05) is 18.8 Å². The highest BCUT2D eigenvalue weighted by molar-refractivity contribution is 5.54. The van der Waals surface area contributed by atoms with Gasteiger partial charge in [0.1, 0.15) is 17.2 Å². The lowest BCUT2D eigenvalue weighted by atomic mass is 10.1. The first-order chi connectivity index (χ1) is 13.8. The summed E-state index contributed by atoms with van der Waals surface area (Å²) in [5.41, 5.74) is -0.910. The Balaban J connectivity index is 1.78. The van der Waals surface area contributed by atoms with Crippen molar-refractivity contribution >= 4 is 17.6 Å². The summed E-state index contributed by atoms with van der Waals surface area (Å²) in [7, 11) is 0. The molecule has 0 saturated heterocycles. The predicted molar refractivity (Wildman–Crippen MR) is 101 cm³/mol. The Hall–Kier alpha value is -3.18. The molecule has 0 fully saturated rings. The molecule has 0 saturated carbocycles. The van der Waals surface area contributed by atoms with Crippen LogP contribution in [0.5, 0.6) is 0 Å². The van der Waals surface area contributed by atoms with Gasteiger partial charge in [-0.15, -0.1) is 0 Å². The molecule has 3 aromatic rings. The number of nitrogens with zero attached hydrogens (tertiary/aromatic N) is 7. The fourth-order valence-electron chi connectivity index (χ4n) is 2.97. The van der Waals surface area contributed by atoms with Gasteiger partial charge >= 0.3 is 6.18 Å². The van der Waals surface area contributed by atoms with Crippen LogP contribution < -0.4 is 10.6 Å². The van der Waals surface area contributed by atoms with Crippen molar-refractivity contribution < 1.29 is 13.2 Å². The maximum absolute atomic E-state index is 13.1. The van der Waals surface area contributed by atoms with Crippen molar-refractivity contribution in [1.82, 2.24) is 34.7 Å². The highest BCUT2D eigenvalue weighted by Crippen LogP contribution is 2.34. The van der Waals surface area contributed by atoms with Gasteiger partial charge in [0.2, 0.25) is 5.95 Å². The third-order valence-electron chi connectivity index (χ3n) is 4.28. The lowest BCUT2D eigenvalue weighted by Crippen LogP contribution is -2.18. The maximum Gasteiger partial charge on any atom is 0.421 e. The van der Waals surface area contributed by atoms with Crippen LogP contribution >= 0.6 is 0 Å². The van der Waals surface area contributed by atoms with Gasteiger partial charge in [-0.3, -0.25) is 0 Å². The number of nitrogens with one attached hydrogen (secondary N) is 2. The molecule has 0 amide bonds. The van der Waals surface area contributed by atoms with E-state index in [1.165, 1.54) is 0 Å². The number of anilines is 3. The zero-order valence-electron chi connectivity index (χ0n) is 16.2. The van der Waals surface area contributed by atoms with E-state index in [1.807, 2.05) is 13.8 Å². The van der Waals surface area contributed by atoms with Gasteiger partial charge in [-0.2, -0.15) is 38.2 Å². The topological polar surface area (TPSA) is 98.4 Å². The monoisotopic (exact) mass is 409 g/mol. The Morgan fingerprint density at radius 1 is 1.07 bits per heavy atom. The average Bonchev–Trinajstić information content (AvgIpc) is 3.33. The number of aromatic nitrogens is 7. The summed E-state index contributed by atoms with van der Waals surface area (Å²) in [4.78, 5) is 9.42. The molecule has 0 aromatic carbocycles. The molecule has 29 heavy (non-hydrogen) atoms. The van der Waals surface area contributed by atoms with Crippen LogP contribution in [0.1, 0.15) is 44.8 Å². The Bertz CT molecular complexity index is 921. The second-order valence-electron chi connectivity index (χ2n) is 6.55. The predicted octanol–water partition coefficient (Wildman–Crippen LogP) is 3.67. The van der Waals surface area contributed by atoms with Crippen molar-refractivity contribution in [1.29, 1.82) is 0 Å². The molecule has 3 rings (SSSR count). The van der Waals surface area contributed by atoms with E-state index >= 15 is 0 Å². The summed E-state index contributed by atoms with van der Waals surface area (Å²) in [5.74, 6) is 0.347. The number of hydrogen-bond donors (Lipinski definition) is 2. The zero-order valence-corrected chi connectivity index (χ0v) is 16.2. The molecule has 3 aromatic heterocycles. The molecule has 2 atom stereocenters. The molecule has 0 spiro atoms. The van der Waals surface area contributed by atoms with Crippen LogP contribution in [0.25, 0.3) is 0 Å². The van der Waals surface area contributed by atoms with Crippen LogP contribution in [0, 0.1) is 0 Å². The van der Waals surface area contributed by atoms with Gasteiger partial charge in [-0.05, 0) is 27.2 Å². The first-order valence-electron chi connectivity index (χ1n) is 9.14. The van der Waals surface area contributed by atoms with Crippen molar-refractivity contribution in [2.75, 3.05) is 17.2 Å². The summed E-state index contributed by atoms with van der Waals surface area (Å²) in [6.07, 6.45) is 1.76. The number of hydrogen-bond acceptors (Lipinski definition) is 7. The fraction of sp³-hybridized carbons (Fsp3) is 0.471. The lowest BCUT2D eigenvalue weighted by molar-refractivity contribution is -0.137. The normalized spacial score (nSPS) is 13.9. The molecule has 0 aliphatic heterocycles. The summed E-state index contributed by atoms with van der Waals surface area (Å²) < 4.78 is 41.1. The van der Waals surface area contributed by atoms with Gasteiger partial charge < -0.3 is 10.6 Å². The third kappa shape index (κ3) is 4.81. The standard InChI is InChI=1S/C17H22F3N9/c1-4-21-15-13(17(18,19)20)10-22-16(27-15)26-14-5-6-23-28(14)11(2)9-12(3)29-24-7-8-25-29/h5-8,10-12H,4,9H2,1-3H3,(H2,21,22,26,27)/t11-,12+/m1/s1. The number of alkyl halides is 3. The Kier molecular flexibility index (Phi) is 5.99. The Labute approximate surface area is 165 Å². The molecule has 0 aliphatic rings. The first kappa shape index (κ1) is 20.6. The molecular formula is C17H22F3N9. The van der Waals surface area contributed by atoms with E-state index in [2.05, 4.69) is 35.9 Å². The minimum Gasteiger partial charge on any atom is -0.370 e. The molecule has 12 heteroatoms. The highest BCUT2D eigenvalue weighted by Gasteiger charge is 2.35. The van der Waals surface area contributed by atoms with Crippen molar-refractivity contribution in [2.45, 2.75) is 45.5 Å². The molecule has 0 unspecified atom stereocenters. The van der Waals surface area contributed by atoms with Gasteiger partial charge in [-0.25, -0.2) is 9.67 Å². The van der Waals surface area contributed by atoms with Gasteiger partial charge in [0.15, 0.2) is 0 Å². The molecule has 2 N–H and O–H groups in total. The SMILES string of the molecule is CCNc1nc(Nc2ccnn2[C@H](C)C[C@H](C)n2nccn2)ncc1C(F)(F)F. The van der Waals surface area contributed by atoms with E-state index in [4.69, 9.17) is 0 Å². The summed E-state index contributed by atoms with van der Waals surface area (Å²) >= 11 is 0. The van der Waals surface area contributed by atoms with Crippen LogP contribution in [0.4, 0.5) is 30.8 Å². The molecule has 0 radical (unpaired) electrons.